The Labute approximate surface area is 93.8 Å². The number of carboxylic acids is 1. The summed E-state index contributed by atoms with van der Waals surface area (Å²) in [5.74, 6) is -1.06. The molecule has 84 valence electrons. The van der Waals surface area contributed by atoms with Crippen molar-refractivity contribution in [2.24, 2.45) is 0 Å². The molecule has 1 unspecified atom stereocenters. The lowest BCUT2D eigenvalue weighted by atomic mass is 10.1. The van der Waals surface area contributed by atoms with Gasteiger partial charge in [0.05, 0.1) is 0 Å². The monoisotopic (exact) mass is 219 g/mol. The Morgan fingerprint density at radius 1 is 1.44 bits per heavy atom. The van der Waals surface area contributed by atoms with Crippen LogP contribution in [0.3, 0.4) is 0 Å². The molecule has 0 saturated heterocycles. The zero-order chi connectivity index (χ0) is 12.0. The van der Waals surface area contributed by atoms with Gasteiger partial charge in [0.15, 0.2) is 6.04 Å². The number of hydrogen-bond donors (Lipinski definition) is 1. The third-order valence-corrected chi connectivity index (χ3v) is 2.16. The average molecular weight is 219 g/mol. The van der Waals surface area contributed by atoms with E-state index in [-0.39, 0.29) is 6.54 Å². The van der Waals surface area contributed by atoms with E-state index in [2.05, 4.69) is 6.58 Å². The van der Waals surface area contributed by atoms with Crippen molar-refractivity contribution in [3.05, 3.63) is 48.6 Å². The Morgan fingerprint density at radius 3 is 2.50 bits per heavy atom. The quantitative estimate of drug-likeness (QED) is 0.582. The van der Waals surface area contributed by atoms with Crippen LogP contribution in [0.15, 0.2) is 43.0 Å². The van der Waals surface area contributed by atoms with E-state index in [4.69, 9.17) is 5.11 Å². The first kappa shape index (κ1) is 12.0. The normalized spacial score (nSPS) is 11.5. The van der Waals surface area contributed by atoms with E-state index >= 15 is 0 Å². The molecule has 1 atom stereocenters. The maximum Gasteiger partial charge on any atom is 0.331 e. The first-order valence-electron chi connectivity index (χ1n) is 4.80. The van der Waals surface area contributed by atoms with Crippen LogP contribution in [-0.4, -0.2) is 28.9 Å². The zero-order valence-corrected chi connectivity index (χ0v) is 8.74. The van der Waals surface area contributed by atoms with Gasteiger partial charge in [-0.25, -0.2) is 4.79 Å². The van der Waals surface area contributed by atoms with E-state index < -0.39 is 12.0 Å². The highest BCUT2D eigenvalue weighted by atomic mass is 16.4. The van der Waals surface area contributed by atoms with Gasteiger partial charge in [-0.3, -0.25) is 4.79 Å². The van der Waals surface area contributed by atoms with Crippen molar-refractivity contribution >= 4 is 12.4 Å². The van der Waals surface area contributed by atoms with Gasteiger partial charge in [-0.15, -0.1) is 6.58 Å². The van der Waals surface area contributed by atoms with Crippen molar-refractivity contribution in [1.82, 2.24) is 4.90 Å². The smallest absolute Gasteiger partial charge is 0.331 e. The fourth-order valence-electron chi connectivity index (χ4n) is 1.47. The number of benzene rings is 1. The molecule has 0 fully saturated rings. The summed E-state index contributed by atoms with van der Waals surface area (Å²) < 4.78 is 0. The van der Waals surface area contributed by atoms with Crippen molar-refractivity contribution in [1.29, 1.82) is 0 Å². The topological polar surface area (TPSA) is 57.6 Å². The molecule has 0 radical (unpaired) electrons. The maximum atomic E-state index is 11.1. The molecule has 1 N–H and O–H groups in total. The molecule has 1 amide bonds. The number of amides is 1. The fourth-order valence-corrected chi connectivity index (χ4v) is 1.47. The van der Waals surface area contributed by atoms with Crippen LogP contribution >= 0.6 is 0 Å². The minimum Gasteiger partial charge on any atom is -0.479 e. The molecule has 0 spiro atoms. The van der Waals surface area contributed by atoms with Gasteiger partial charge in [-0.1, -0.05) is 36.4 Å². The second kappa shape index (κ2) is 5.70. The highest BCUT2D eigenvalue weighted by Crippen LogP contribution is 2.19. The Bertz CT molecular complexity index is 375. The van der Waals surface area contributed by atoms with Crippen molar-refractivity contribution in [2.75, 3.05) is 6.54 Å². The molecular formula is C12H13NO3. The van der Waals surface area contributed by atoms with Crippen LogP contribution in [0.25, 0.3) is 0 Å². The van der Waals surface area contributed by atoms with Crippen LogP contribution in [0.2, 0.25) is 0 Å². The van der Waals surface area contributed by atoms with Crippen LogP contribution in [0.4, 0.5) is 0 Å². The third kappa shape index (κ3) is 2.70. The molecule has 0 aromatic heterocycles. The molecule has 0 heterocycles. The summed E-state index contributed by atoms with van der Waals surface area (Å²) in [6.45, 7) is 3.69. The second-order valence-electron chi connectivity index (χ2n) is 3.24. The molecular weight excluding hydrogens is 206 g/mol. The first-order chi connectivity index (χ1) is 7.70. The Hall–Kier alpha value is -2.10. The molecule has 0 aliphatic carbocycles. The summed E-state index contributed by atoms with van der Waals surface area (Å²) in [6.07, 6.45) is 2.01. The van der Waals surface area contributed by atoms with Crippen molar-refractivity contribution in [2.45, 2.75) is 6.04 Å². The Morgan fingerprint density at radius 2 is 2.06 bits per heavy atom. The molecule has 0 aliphatic heterocycles. The number of rotatable bonds is 6. The van der Waals surface area contributed by atoms with Crippen molar-refractivity contribution < 1.29 is 14.7 Å². The fraction of sp³-hybridized carbons (Fsp3) is 0.167. The summed E-state index contributed by atoms with van der Waals surface area (Å²) in [7, 11) is 0. The van der Waals surface area contributed by atoms with E-state index in [1.54, 1.807) is 30.3 Å². The van der Waals surface area contributed by atoms with Gasteiger partial charge >= 0.3 is 5.97 Å². The largest absolute Gasteiger partial charge is 0.479 e. The highest BCUT2D eigenvalue weighted by molar-refractivity contribution is 5.78. The molecule has 0 saturated carbocycles. The minimum absolute atomic E-state index is 0.204. The highest BCUT2D eigenvalue weighted by Gasteiger charge is 2.25. The van der Waals surface area contributed by atoms with Gasteiger partial charge in [0.1, 0.15) is 0 Å². The number of carboxylic acid groups (broad SMARTS) is 1. The van der Waals surface area contributed by atoms with Crippen LogP contribution in [0.5, 0.6) is 0 Å². The second-order valence-corrected chi connectivity index (χ2v) is 3.24. The van der Waals surface area contributed by atoms with E-state index in [1.165, 1.54) is 11.0 Å². The lowest BCUT2D eigenvalue weighted by Crippen LogP contribution is -2.33. The maximum absolute atomic E-state index is 11.1. The number of carbonyl (C=O) groups is 2. The van der Waals surface area contributed by atoms with Crippen LogP contribution in [0.1, 0.15) is 11.6 Å². The van der Waals surface area contributed by atoms with Crippen LogP contribution < -0.4 is 0 Å². The summed E-state index contributed by atoms with van der Waals surface area (Å²) in [5, 5.41) is 9.12. The Kier molecular flexibility index (Phi) is 4.27. The summed E-state index contributed by atoms with van der Waals surface area (Å²) in [5.41, 5.74) is 0.573. The molecule has 1 rings (SSSR count). The lowest BCUT2D eigenvalue weighted by Gasteiger charge is -2.23. The van der Waals surface area contributed by atoms with Crippen LogP contribution in [-0.2, 0) is 9.59 Å². The van der Waals surface area contributed by atoms with E-state index in [1.807, 2.05) is 0 Å². The van der Waals surface area contributed by atoms with Crippen molar-refractivity contribution in [3.63, 3.8) is 0 Å². The summed E-state index contributed by atoms with van der Waals surface area (Å²) in [4.78, 5) is 23.2. The third-order valence-electron chi connectivity index (χ3n) is 2.16. The summed E-state index contributed by atoms with van der Waals surface area (Å²) >= 11 is 0. The zero-order valence-electron chi connectivity index (χ0n) is 8.74. The molecule has 1 aromatic carbocycles. The first-order valence-corrected chi connectivity index (χ1v) is 4.80. The number of carbonyl (C=O) groups excluding carboxylic acids is 1. The van der Waals surface area contributed by atoms with Gasteiger partial charge in [0, 0.05) is 6.54 Å². The van der Waals surface area contributed by atoms with Crippen LogP contribution in [0, 0.1) is 0 Å². The predicted molar refractivity (Wildman–Crippen MR) is 59.8 cm³/mol. The van der Waals surface area contributed by atoms with E-state index in [0.29, 0.717) is 12.0 Å². The molecule has 1 aromatic rings. The van der Waals surface area contributed by atoms with Gasteiger partial charge in [0.25, 0.3) is 0 Å². The SMILES string of the molecule is C=CCN(C=O)C(C(=O)O)c1ccccc1. The van der Waals surface area contributed by atoms with E-state index in [9.17, 15) is 9.59 Å². The average Bonchev–Trinajstić information content (AvgIpc) is 2.29. The standard InChI is InChI=1S/C12H13NO3/c1-2-8-13(9-14)11(12(15)16)10-6-4-3-5-7-10/h2-7,9,11H,1,8H2,(H,15,16). The summed E-state index contributed by atoms with van der Waals surface area (Å²) in [6, 6.07) is 7.67. The minimum atomic E-state index is -1.06. The molecule has 4 nitrogen and oxygen atoms in total. The number of nitrogens with zero attached hydrogens (tertiary/aromatic N) is 1. The molecule has 0 aliphatic rings. The van der Waals surface area contributed by atoms with Gasteiger partial charge in [-0.2, -0.15) is 0 Å². The predicted octanol–water partition coefficient (Wildman–Crippen LogP) is 1.46. The number of aliphatic carboxylic acids is 1. The van der Waals surface area contributed by atoms with Crippen molar-refractivity contribution in [3.8, 4) is 0 Å². The molecule has 16 heavy (non-hydrogen) atoms. The van der Waals surface area contributed by atoms with Gasteiger partial charge in [-0.05, 0) is 5.56 Å². The van der Waals surface area contributed by atoms with Gasteiger partial charge < -0.3 is 10.0 Å². The molecule has 4 heteroatoms. The van der Waals surface area contributed by atoms with E-state index in [0.717, 1.165) is 0 Å². The molecule has 0 bridgehead atoms. The number of hydrogen-bond acceptors (Lipinski definition) is 2. The lowest BCUT2D eigenvalue weighted by molar-refractivity contribution is -0.146. The van der Waals surface area contributed by atoms with Gasteiger partial charge in [0.2, 0.25) is 6.41 Å². The Balaban J connectivity index is 3.03.